The molecule has 0 saturated heterocycles. The van der Waals surface area contributed by atoms with E-state index in [-0.39, 0.29) is 23.8 Å². The normalized spacial score (nSPS) is 21.9. The number of rotatable bonds is 6. The minimum Gasteiger partial charge on any atom is -0.505 e. The van der Waals surface area contributed by atoms with E-state index >= 15 is 0 Å². The number of nitrogens with one attached hydrogen (secondary N) is 1. The molecular weight excluding hydrogens is 368 g/mol. The minimum absolute atomic E-state index is 0.0693. The van der Waals surface area contributed by atoms with Gasteiger partial charge < -0.3 is 20.3 Å². The number of hydrogen-bond donors (Lipinski definition) is 3. The summed E-state index contributed by atoms with van der Waals surface area (Å²) in [5.74, 6) is -1.33. The lowest BCUT2D eigenvalue weighted by molar-refractivity contribution is -0.0129. The van der Waals surface area contributed by atoms with E-state index in [1.54, 1.807) is 12.1 Å². The molecule has 0 atom stereocenters. The highest BCUT2D eigenvalue weighted by Gasteiger charge is 2.33. The lowest BCUT2D eigenvalue weighted by Gasteiger charge is -2.36. The highest BCUT2D eigenvalue weighted by molar-refractivity contribution is 5.94. The topological polar surface area (TPSA) is 78.8 Å². The maximum absolute atomic E-state index is 13.4. The lowest BCUT2D eigenvalue weighted by Crippen LogP contribution is -2.45. The van der Waals surface area contributed by atoms with Crippen LogP contribution in [0.5, 0.6) is 11.5 Å². The van der Waals surface area contributed by atoms with Crippen molar-refractivity contribution in [2.24, 2.45) is 5.92 Å². The van der Waals surface area contributed by atoms with E-state index in [9.17, 15) is 23.8 Å². The number of carbonyl (C=O) groups is 1. The van der Waals surface area contributed by atoms with Gasteiger partial charge in [-0.1, -0.05) is 0 Å². The molecule has 2 aromatic rings. The summed E-state index contributed by atoms with van der Waals surface area (Å²) in [6.45, 7) is 0.556. The number of phenolic OH excluding ortho intramolecular Hbond substituents is 1. The van der Waals surface area contributed by atoms with E-state index in [0.717, 1.165) is 25.0 Å². The highest BCUT2D eigenvalue weighted by atomic mass is 19.1. The van der Waals surface area contributed by atoms with Crippen molar-refractivity contribution in [1.29, 1.82) is 0 Å². The number of amides is 1. The Morgan fingerprint density at radius 1 is 1.14 bits per heavy atom. The number of benzene rings is 2. The predicted molar refractivity (Wildman–Crippen MR) is 99.2 cm³/mol. The molecule has 0 spiro atoms. The SMILES string of the molecule is O=C(NC[C@]1(O)CC[C@H](COc2ccc(F)cc2)CC1)c1ccc(O)c(F)c1. The number of carbonyl (C=O) groups excluding carboxylic acids is 1. The van der Waals surface area contributed by atoms with Crippen LogP contribution in [0, 0.1) is 17.6 Å². The van der Waals surface area contributed by atoms with Crippen LogP contribution in [0.2, 0.25) is 0 Å². The van der Waals surface area contributed by atoms with E-state index in [2.05, 4.69) is 5.32 Å². The van der Waals surface area contributed by atoms with Crippen LogP contribution in [0.15, 0.2) is 42.5 Å². The van der Waals surface area contributed by atoms with Gasteiger partial charge in [-0.05, 0) is 74.1 Å². The van der Waals surface area contributed by atoms with Crippen molar-refractivity contribution < 1.29 is 28.5 Å². The monoisotopic (exact) mass is 391 g/mol. The van der Waals surface area contributed by atoms with Gasteiger partial charge in [-0.2, -0.15) is 0 Å². The van der Waals surface area contributed by atoms with Crippen molar-refractivity contribution in [2.45, 2.75) is 31.3 Å². The Labute approximate surface area is 162 Å². The number of ether oxygens (including phenoxy) is 1. The lowest BCUT2D eigenvalue weighted by atomic mass is 9.79. The van der Waals surface area contributed by atoms with Crippen molar-refractivity contribution in [3.63, 3.8) is 0 Å². The molecule has 0 bridgehead atoms. The summed E-state index contributed by atoms with van der Waals surface area (Å²) >= 11 is 0. The first-order valence-corrected chi connectivity index (χ1v) is 9.22. The van der Waals surface area contributed by atoms with Gasteiger partial charge in [0.2, 0.25) is 0 Å². The maximum Gasteiger partial charge on any atom is 0.251 e. The molecule has 1 aliphatic carbocycles. The third kappa shape index (κ3) is 5.19. The predicted octanol–water partition coefficient (Wildman–Crippen LogP) is 3.40. The second kappa shape index (κ2) is 8.56. The van der Waals surface area contributed by atoms with E-state index in [1.165, 1.54) is 18.2 Å². The van der Waals surface area contributed by atoms with Gasteiger partial charge in [-0.3, -0.25) is 4.79 Å². The standard InChI is InChI=1S/C21H23F2NO4/c22-16-2-4-17(5-3-16)28-12-14-7-9-21(27,10-8-14)13-24-20(26)15-1-6-19(25)18(23)11-15/h1-6,11,14,25,27H,7-10,12-13H2,(H,24,26)/t14-,21-. The third-order valence-corrected chi connectivity index (χ3v) is 5.12. The van der Waals surface area contributed by atoms with Gasteiger partial charge in [-0.25, -0.2) is 8.78 Å². The molecule has 0 radical (unpaired) electrons. The summed E-state index contributed by atoms with van der Waals surface area (Å²) in [5, 5.41) is 22.5. The van der Waals surface area contributed by atoms with Crippen LogP contribution < -0.4 is 10.1 Å². The van der Waals surface area contributed by atoms with E-state index in [1.807, 2.05) is 0 Å². The Kier molecular flexibility index (Phi) is 6.14. The molecule has 0 aromatic heterocycles. The summed E-state index contributed by atoms with van der Waals surface area (Å²) in [6.07, 6.45) is 2.49. The minimum atomic E-state index is -1.02. The first kappa shape index (κ1) is 20.1. The summed E-state index contributed by atoms with van der Waals surface area (Å²) in [5.41, 5.74) is -0.933. The molecule has 0 aliphatic heterocycles. The van der Waals surface area contributed by atoms with Crippen LogP contribution in [0.4, 0.5) is 8.78 Å². The smallest absolute Gasteiger partial charge is 0.251 e. The summed E-state index contributed by atoms with van der Waals surface area (Å²) < 4.78 is 31.9. The first-order chi connectivity index (χ1) is 13.3. The van der Waals surface area contributed by atoms with Crippen molar-refractivity contribution >= 4 is 5.91 Å². The quantitative estimate of drug-likeness (QED) is 0.705. The molecule has 7 heteroatoms. The van der Waals surface area contributed by atoms with E-state index < -0.39 is 23.1 Å². The van der Waals surface area contributed by atoms with Crippen LogP contribution in [0.25, 0.3) is 0 Å². The zero-order chi connectivity index (χ0) is 20.1. The Balaban J connectivity index is 1.44. The molecule has 0 heterocycles. The number of halogens is 2. The number of phenols is 1. The molecule has 3 N–H and O–H groups in total. The number of hydrogen-bond acceptors (Lipinski definition) is 4. The molecule has 1 aliphatic rings. The van der Waals surface area contributed by atoms with Crippen LogP contribution >= 0.6 is 0 Å². The molecular formula is C21H23F2NO4. The number of aromatic hydroxyl groups is 1. The molecule has 150 valence electrons. The fourth-order valence-electron chi connectivity index (χ4n) is 3.30. The van der Waals surface area contributed by atoms with Gasteiger partial charge in [0.05, 0.1) is 12.2 Å². The van der Waals surface area contributed by atoms with Crippen LogP contribution in [0.1, 0.15) is 36.0 Å². The number of aliphatic hydroxyl groups is 1. The second-order valence-corrected chi connectivity index (χ2v) is 7.28. The van der Waals surface area contributed by atoms with Crippen molar-refractivity contribution in [3.05, 3.63) is 59.7 Å². The molecule has 1 fully saturated rings. The van der Waals surface area contributed by atoms with Crippen molar-refractivity contribution in [2.75, 3.05) is 13.2 Å². The third-order valence-electron chi connectivity index (χ3n) is 5.12. The van der Waals surface area contributed by atoms with Gasteiger partial charge in [0.25, 0.3) is 5.91 Å². The molecule has 1 saturated carbocycles. The molecule has 2 aromatic carbocycles. The molecule has 1 amide bonds. The van der Waals surface area contributed by atoms with Gasteiger partial charge in [0.1, 0.15) is 11.6 Å². The summed E-state index contributed by atoms with van der Waals surface area (Å²) in [7, 11) is 0. The Hall–Kier alpha value is -2.67. The van der Waals surface area contributed by atoms with E-state index in [4.69, 9.17) is 4.74 Å². The first-order valence-electron chi connectivity index (χ1n) is 9.22. The fraction of sp³-hybridized carbons (Fsp3) is 0.381. The Morgan fingerprint density at radius 3 is 2.46 bits per heavy atom. The van der Waals surface area contributed by atoms with Gasteiger partial charge in [0, 0.05) is 12.1 Å². The van der Waals surface area contributed by atoms with Gasteiger partial charge in [-0.15, -0.1) is 0 Å². The van der Waals surface area contributed by atoms with Crippen LogP contribution in [0.3, 0.4) is 0 Å². The average molecular weight is 391 g/mol. The summed E-state index contributed by atoms with van der Waals surface area (Å²) in [4.78, 5) is 12.1. The van der Waals surface area contributed by atoms with Crippen LogP contribution in [-0.2, 0) is 0 Å². The molecule has 5 nitrogen and oxygen atoms in total. The van der Waals surface area contributed by atoms with Gasteiger partial charge >= 0.3 is 0 Å². The zero-order valence-corrected chi connectivity index (χ0v) is 15.3. The average Bonchev–Trinajstić information content (AvgIpc) is 2.69. The Bertz CT molecular complexity index is 818. The molecule has 0 unspecified atom stereocenters. The second-order valence-electron chi connectivity index (χ2n) is 7.28. The van der Waals surface area contributed by atoms with Crippen molar-refractivity contribution in [3.8, 4) is 11.5 Å². The Morgan fingerprint density at radius 2 is 1.82 bits per heavy atom. The zero-order valence-electron chi connectivity index (χ0n) is 15.3. The van der Waals surface area contributed by atoms with Crippen molar-refractivity contribution in [1.82, 2.24) is 5.32 Å². The van der Waals surface area contributed by atoms with E-state index in [0.29, 0.717) is 25.2 Å². The highest BCUT2D eigenvalue weighted by Crippen LogP contribution is 2.32. The largest absolute Gasteiger partial charge is 0.505 e. The molecule has 28 heavy (non-hydrogen) atoms. The molecule has 3 rings (SSSR count). The fourth-order valence-corrected chi connectivity index (χ4v) is 3.30. The maximum atomic E-state index is 13.4. The van der Waals surface area contributed by atoms with Crippen LogP contribution in [-0.4, -0.2) is 34.9 Å². The van der Waals surface area contributed by atoms with Gasteiger partial charge in [0.15, 0.2) is 11.6 Å². The summed E-state index contributed by atoms with van der Waals surface area (Å²) in [6, 6.07) is 9.24.